The van der Waals surface area contributed by atoms with Crippen molar-refractivity contribution in [3.05, 3.63) is 24.0 Å². The summed E-state index contributed by atoms with van der Waals surface area (Å²) < 4.78 is 0. The molecule has 0 unspecified atom stereocenters. The van der Waals surface area contributed by atoms with Crippen molar-refractivity contribution in [3.8, 4) is 0 Å². The van der Waals surface area contributed by atoms with E-state index in [9.17, 15) is 9.59 Å². The van der Waals surface area contributed by atoms with Gasteiger partial charge in [0, 0.05) is 18.8 Å². The van der Waals surface area contributed by atoms with Gasteiger partial charge in [-0.25, -0.2) is 0 Å². The topological polar surface area (TPSA) is 88.3 Å². The number of nitrogens with one attached hydrogen (secondary N) is 1. The van der Waals surface area contributed by atoms with Crippen LogP contribution in [0, 0.1) is 0 Å². The molecule has 1 saturated heterocycles. The van der Waals surface area contributed by atoms with Crippen LogP contribution in [0.3, 0.4) is 0 Å². The number of carbonyl (C=O) groups is 2. The highest BCUT2D eigenvalue weighted by atomic mass is 16.2. The second kappa shape index (κ2) is 4.82. The normalized spacial score (nSPS) is 15.5. The molecule has 3 N–H and O–H groups in total. The molecule has 1 aromatic rings. The number of nitrogens with two attached hydrogens (primary N) is 1. The Hall–Kier alpha value is -2.11. The van der Waals surface area contributed by atoms with Crippen molar-refractivity contribution >= 4 is 17.5 Å². The molecule has 0 bridgehead atoms. The molecule has 1 aliphatic rings. The maximum atomic E-state index is 11.9. The lowest BCUT2D eigenvalue weighted by molar-refractivity contribution is -0.137. The number of amides is 2. The van der Waals surface area contributed by atoms with E-state index in [-0.39, 0.29) is 24.8 Å². The highest BCUT2D eigenvalue weighted by molar-refractivity contribution is 5.86. The van der Waals surface area contributed by atoms with Crippen LogP contribution in [0.15, 0.2) is 18.3 Å². The van der Waals surface area contributed by atoms with Crippen molar-refractivity contribution in [2.24, 2.45) is 0 Å². The van der Waals surface area contributed by atoms with Crippen LogP contribution >= 0.6 is 0 Å². The second-order valence-electron chi connectivity index (χ2n) is 3.92. The smallest absolute Gasteiger partial charge is 0.239 e. The van der Waals surface area contributed by atoms with Crippen molar-refractivity contribution in [2.75, 3.05) is 25.4 Å². The number of hydrogen-bond donors (Lipinski definition) is 2. The fraction of sp³-hybridized carbons (Fsp3) is 0.364. The molecule has 0 spiro atoms. The fourth-order valence-electron chi connectivity index (χ4n) is 1.66. The molecular formula is C11H14N4O2. The van der Waals surface area contributed by atoms with Gasteiger partial charge in [0.2, 0.25) is 11.8 Å². The van der Waals surface area contributed by atoms with E-state index in [1.54, 1.807) is 12.1 Å². The van der Waals surface area contributed by atoms with Gasteiger partial charge in [0.05, 0.1) is 24.8 Å². The molecule has 17 heavy (non-hydrogen) atoms. The fourth-order valence-corrected chi connectivity index (χ4v) is 1.66. The number of piperazine rings is 1. The first-order valence-corrected chi connectivity index (χ1v) is 5.40. The predicted molar refractivity (Wildman–Crippen MR) is 61.9 cm³/mol. The number of carbonyl (C=O) groups excluding carboxylic acids is 2. The van der Waals surface area contributed by atoms with Crippen molar-refractivity contribution in [3.63, 3.8) is 0 Å². The van der Waals surface area contributed by atoms with Crippen LogP contribution in [-0.2, 0) is 16.0 Å². The average molecular weight is 234 g/mol. The molecule has 0 saturated carbocycles. The summed E-state index contributed by atoms with van der Waals surface area (Å²) in [6.45, 7) is 1.20. The summed E-state index contributed by atoms with van der Waals surface area (Å²) in [7, 11) is 0. The Balaban J connectivity index is 1.96. The van der Waals surface area contributed by atoms with Gasteiger partial charge in [-0.2, -0.15) is 0 Å². The molecule has 0 atom stereocenters. The minimum atomic E-state index is -0.116. The Labute approximate surface area is 98.8 Å². The van der Waals surface area contributed by atoms with E-state index in [0.717, 1.165) is 0 Å². The van der Waals surface area contributed by atoms with E-state index in [0.29, 0.717) is 24.5 Å². The third kappa shape index (κ3) is 2.93. The van der Waals surface area contributed by atoms with E-state index >= 15 is 0 Å². The van der Waals surface area contributed by atoms with E-state index in [4.69, 9.17) is 5.73 Å². The highest BCUT2D eigenvalue weighted by Crippen LogP contribution is 2.04. The zero-order chi connectivity index (χ0) is 12.3. The predicted octanol–water partition coefficient (Wildman–Crippen LogP) is -0.835. The molecular weight excluding hydrogens is 220 g/mol. The van der Waals surface area contributed by atoms with Crippen LogP contribution in [0.5, 0.6) is 0 Å². The molecule has 0 aliphatic carbocycles. The monoisotopic (exact) mass is 234 g/mol. The largest absolute Gasteiger partial charge is 0.397 e. The number of nitrogens with zero attached hydrogens (tertiary/aromatic N) is 2. The van der Waals surface area contributed by atoms with Crippen molar-refractivity contribution in [2.45, 2.75) is 6.42 Å². The quantitative estimate of drug-likeness (QED) is 0.698. The van der Waals surface area contributed by atoms with Gasteiger partial charge >= 0.3 is 0 Å². The Morgan fingerprint density at radius 2 is 2.35 bits per heavy atom. The van der Waals surface area contributed by atoms with Crippen LogP contribution in [0.25, 0.3) is 0 Å². The molecule has 2 heterocycles. The molecule has 2 amide bonds. The lowest BCUT2D eigenvalue weighted by atomic mass is 10.2. The lowest BCUT2D eigenvalue weighted by Crippen LogP contribution is -2.50. The summed E-state index contributed by atoms with van der Waals surface area (Å²) in [5, 5.41) is 2.67. The zero-order valence-electron chi connectivity index (χ0n) is 9.35. The lowest BCUT2D eigenvalue weighted by Gasteiger charge is -2.26. The van der Waals surface area contributed by atoms with E-state index < -0.39 is 0 Å². The maximum absolute atomic E-state index is 11.9. The molecule has 6 nitrogen and oxygen atoms in total. The third-order valence-electron chi connectivity index (χ3n) is 2.57. The number of anilines is 1. The summed E-state index contributed by atoms with van der Waals surface area (Å²) >= 11 is 0. The summed E-state index contributed by atoms with van der Waals surface area (Å²) in [5.41, 5.74) is 6.74. The first-order chi connectivity index (χ1) is 8.15. The van der Waals surface area contributed by atoms with Gasteiger partial charge in [0.15, 0.2) is 0 Å². The maximum Gasteiger partial charge on any atom is 0.239 e. The molecule has 0 aromatic carbocycles. The van der Waals surface area contributed by atoms with Crippen LogP contribution in [0.1, 0.15) is 5.69 Å². The molecule has 1 aromatic heterocycles. The van der Waals surface area contributed by atoms with Crippen LogP contribution in [0.2, 0.25) is 0 Å². The second-order valence-corrected chi connectivity index (χ2v) is 3.92. The van der Waals surface area contributed by atoms with Crippen molar-refractivity contribution in [1.82, 2.24) is 15.2 Å². The average Bonchev–Trinajstić information content (AvgIpc) is 2.32. The number of nitrogen functional groups attached to an aromatic ring is 1. The van der Waals surface area contributed by atoms with E-state index in [1.807, 2.05) is 0 Å². The van der Waals surface area contributed by atoms with Gasteiger partial charge in [-0.3, -0.25) is 14.6 Å². The molecule has 1 aliphatic heterocycles. The van der Waals surface area contributed by atoms with Gasteiger partial charge in [-0.1, -0.05) is 0 Å². The van der Waals surface area contributed by atoms with Crippen LogP contribution in [0.4, 0.5) is 5.69 Å². The molecule has 2 rings (SSSR count). The first-order valence-electron chi connectivity index (χ1n) is 5.40. The van der Waals surface area contributed by atoms with Crippen molar-refractivity contribution in [1.29, 1.82) is 0 Å². The third-order valence-corrected chi connectivity index (χ3v) is 2.57. The number of aromatic nitrogens is 1. The standard InChI is InChI=1S/C11H14N4O2/c12-8-1-2-9(14-6-8)5-11(17)15-4-3-13-10(16)7-15/h1-2,6H,3-5,7,12H2,(H,13,16). The van der Waals surface area contributed by atoms with Gasteiger partial charge in [-0.05, 0) is 12.1 Å². The summed E-state index contributed by atoms with van der Waals surface area (Å²) in [4.78, 5) is 28.6. The molecule has 0 radical (unpaired) electrons. The summed E-state index contributed by atoms with van der Waals surface area (Å²) in [6, 6.07) is 3.43. The molecule has 6 heteroatoms. The van der Waals surface area contributed by atoms with Crippen molar-refractivity contribution < 1.29 is 9.59 Å². The Bertz CT molecular complexity index is 430. The van der Waals surface area contributed by atoms with Gasteiger partial charge in [0.25, 0.3) is 0 Å². The summed E-state index contributed by atoms with van der Waals surface area (Å²) in [6.07, 6.45) is 1.72. The molecule has 1 fully saturated rings. The Morgan fingerprint density at radius 3 is 3.00 bits per heavy atom. The number of pyridine rings is 1. The number of rotatable bonds is 2. The van der Waals surface area contributed by atoms with E-state index in [1.165, 1.54) is 11.1 Å². The Kier molecular flexibility index (Phi) is 3.22. The SMILES string of the molecule is Nc1ccc(CC(=O)N2CCNC(=O)C2)nc1. The first kappa shape index (κ1) is 11.4. The minimum Gasteiger partial charge on any atom is -0.397 e. The van der Waals surface area contributed by atoms with Gasteiger partial charge in [-0.15, -0.1) is 0 Å². The number of hydrogen-bond acceptors (Lipinski definition) is 4. The van der Waals surface area contributed by atoms with Gasteiger partial charge < -0.3 is 16.0 Å². The highest BCUT2D eigenvalue weighted by Gasteiger charge is 2.21. The zero-order valence-corrected chi connectivity index (χ0v) is 9.35. The van der Waals surface area contributed by atoms with E-state index in [2.05, 4.69) is 10.3 Å². The molecule has 90 valence electrons. The minimum absolute atomic E-state index is 0.0860. The van der Waals surface area contributed by atoms with Gasteiger partial charge in [0.1, 0.15) is 0 Å². The van der Waals surface area contributed by atoms with Crippen LogP contribution < -0.4 is 11.1 Å². The van der Waals surface area contributed by atoms with Crippen LogP contribution in [-0.4, -0.2) is 41.3 Å². The Morgan fingerprint density at radius 1 is 1.53 bits per heavy atom. The summed E-state index contributed by atoms with van der Waals surface area (Å²) in [5.74, 6) is -0.202.